The van der Waals surface area contributed by atoms with E-state index in [0.717, 1.165) is 6.20 Å². The molecule has 3 aromatic heterocycles. The Bertz CT molecular complexity index is 1150. The van der Waals surface area contributed by atoms with Gasteiger partial charge in [-0.3, -0.25) is 9.63 Å². The van der Waals surface area contributed by atoms with Crippen molar-refractivity contribution in [3.63, 3.8) is 0 Å². The SMILES string of the molecule is O=C1N[C@@H]2CNC[C@@H]2Oc2ncc(F)cc2[C@@H]2CCON2c2ccn3ncc1c3n2. The Kier molecular flexibility index (Phi) is 3.86. The van der Waals surface area contributed by atoms with E-state index in [4.69, 9.17) is 9.57 Å². The summed E-state index contributed by atoms with van der Waals surface area (Å²) in [6.07, 6.45) is 4.60. The normalized spacial score (nSPS) is 25.6. The van der Waals surface area contributed by atoms with E-state index in [1.807, 2.05) is 0 Å². The first-order valence-corrected chi connectivity index (χ1v) is 9.77. The lowest BCUT2D eigenvalue weighted by Crippen LogP contribution is -2.45. The Morgan fingerprint density at radius 3 is 3.13 bits per heavy atom. The maximum atomic E-state index is 14.1. The quantitative estimate of drug-likeness (QED) is 0.554. The van der Waals surface area contributed by atoms with Gasteiger partial charge in [-0.05, 0) is 6.07 Å². The molecular formula is C19H18FN7O3. The second kappa shape index (κ2) is 6.61. The number of carbonyl (C=O) groups is 1. The average molecular weight is 411 g/mol. The van der Waals surface area contributed by atoms with Crippen molar-refractivity contribution in [2.45, 2.75) is 24.6 Å². The number of hydroxylamine groups is 1. The Morgan fingerprint density at radius 2 is 2.20 bits per heavy atom. The summed E-state index contributed by atoms with van der Waals surface area (Å²) in [6.45, 7) is 1.51. The monoisotopic (exact) mass is 411 g/mol. The second-order valence-electron chi connectivity index (χ2n) is 7.52. The van der Waals surface area contributed by atoms with Gasteiger partial charge in [-0.15, -0.1) is 0 Å². The van der Waals surface area contributed by atoms with Crippen LogP contribution >= 0.6 is 0 Å². The number of anilines is 1. The maximum absolute atomic E-state index is 14.1. The molecule has 0 aromatic carbocycles. The van der Waals surface area contributed by atoms with E-state index < -0.39 is 5.82 Å². The number of nitrogens with zero attached hydrogens (tertiary/aromatic N) is 5. The highest BCUT2D eigenvalue weighted by Crippen LogP contribution is 2.38. The van der Waals surface area contributed by atoms with E-state index in [1.165, 1.54) is 12.3 Å². The lowest BCUT2D eigenvalue weighted by Gasteiger charge is -2.26. The number of rotatable bonds is 0. The van der Waals surface area contributed by atoms with Crippen LogP contribution in [0.3, 0.4) is 0 Å². The van der Waals surface area contributed by atoms with Crippen molar-refractivity contribution < 1.29 is 18.8 Å². The highest BCUT2D eigenvalue weighted by atomic mass is 19.1. The Hall–Kier alpha value is -3.31. The van der Waals surface area contributed by atoms with Crippen LogP contribution in [0.25, 0.3) is 5.65 Å². The molecule has 2 bridgehead atoms. The van der Waals surface area contributed by atoms with Gasteiger partial charge in [-0.25, -0.2) is 23.9 Å². The number of amides is 1. The third-order valence-electron chi connectivity index (χ3n) is 5.67. The molecule has 2 fully saturated rings. The fraction of sp³-hybridized carbons (Fsp3) is 0.368. The van der Waals surface area contributed by atoms with E-state index in [1.54, 1.807) is 21.8 Å². The molecule has 0 saturated carbocycles. The largest absolute Gasteiger partial charge is 0.470 e. The highest BCUT2D eigenvalue weighted by molar-refractivity contribution is 6.00. The Labute approximate surface area is 170 Å². The maximum Gasteiger partial charge on any atom is 0.257 e. The van der Waals surface area contributed by atoms with E-state index in [-0.39, 0.29) is 24.1 Å². The zero-order valence-electron chi connectivity index (χ0n) is 15.8. The molecule has 10 nitrogen and oxygen atoms in total. The molecule has 0 aliphatic carbocycles. The third kappa shape index (κ3) is 2.70. The lowest BCUT2D eigenvalue weighted by molar-refractivity contribution is 0.0902. The number of carbonyl (C=O) groups excluding carboxylic acids is 1. The number of aromatic nitrogens is 4. The predicted molar refractivity (Wildman–Crippen MR) is 102 cm³/mol. The van der Waals surface area contributed by atoms with Crippen molar-refractivity contribution in [2.75, 3.05) is 24.8 Å². The van der Waals surface area contributed by atoms with Gasteiger partial charge in [0.1, 0.15) is 17.5 Å². The Morgan fingerprint density at radius 1 is 1.27 bits per heavy atom. The van der Waals surface area contributed by atoms with Gasteiger partial charge < -0.3 is 15.4 Å². The molecule has 154 valence electrons. The van der Waals surface area contributed by atoms with Crippen LogP contribution in [0.15, 0.2) is 30.7 Å². The summed E-state index contributed by atoms with van der Waals surface area (Å²) in [7, 11) is 0. The molecule has 1 amide bonds. The first-order valence-electron chi connectivity index (χ1n) is 9.77. The molecule has 6 rings (SSSR count). The average Bonchev–Trinajstić information content (AvgIpc) is 3.48. The molecule has 0 spiro atoms. The molecule has 3 aliphatic heterocycles. The summed E-state index contributed by atoms with van der Waals surface area (Å²) < 4.78 is 21.9. The van der Waals surface area contributed by atoms with E-state index >= 15 is 0 Å². The number of pyridine rings is 1. The van der Waals surface area contributed by atoms with Crippen molar-refractivity contribution in [1.82, 2.24) is 30.2 Å². The number of hydrogen-bond acceptors (Lipinski definition) is 8. The molecule has 11 heteroatoms. The van der Waals surface area contributed by atoms with Crippen LogP contribution in [0.4, 0.5) is 10.2 Å². The third-order valence-corrected chi connectivity index (χ3v) is 5.67. The van der Waals surface area contributed by atoms with Gasteiger partial charge in [0.05, 0.1) is 31.1 Å². The van der Waals surface area contributed by atoms with Crippen LogP contribution in [-0.2, 0) is 4.84 Å². The van der Waals surface area contributed by atoms with Crippen LogP contribution in [-0.4, -0.2) is 57.3 Å². The van der Waals surface area contributed by atoms with Gasteiger partial charge in [0.25, 0.3) is 5.91 Å². The summed E-state index contributed by atoms with van der Waals surface area (Å²) in [5.74, 6) is 0.0795. The standard InChI is InChI=1S/C19H18FN7O3/c20-10-5-11-14-2-4-29-27(14)16-1-3-26-17(25-16)12(7-23-26)18(28)24-13-8-21-9-15(13)30-19(11)22-6-10/h1,3,5-7,13-15,21H,2,4,8-9H2,(H,24,28)/t13-,14+,15+/m1/s1. The highest BCUT2D eigenvalue weighted by Gasteiger charge is 2.36. The van der Waals surface area contributed by atoms with Gasteiger partial charge in [-0.1, -0.05) is 0 Å². The molecule has 0 radical (unpaired) electrons. The summed E-state index contributed by atoms with van der Waals surface area (Å²) in [4.78, 5) is 27.6. The molecule has 6 heterocycles. The fourth-order valence-electron chi connectivity index (χ4n) is 4.21. The van der Waals surface area contributed by atoms with Crippen molar-refractivity contribution in [2.24, 2.45) is 0 Å². The fourth-order valence-corrected chi connectivity index (χ4v) is 4.21. The molecule has 2 saturated heterocycles. The van der Waals surface area contributed by atoms with E-state index in [2.05, 4.69) is 25.7 Å². The topological polar surface area (TPSA) is 106 Å². The van der Waals surface area contributed by atoms with Gasteiger partial charge in [0.2, 0.25) is 5.88 Å². The van der Waals surface area contributed by atoms with Crippen molar-refractivity contribution in [3.05, 3.63) is 47.7 Å². The molecule has 3 aromatic rings. The van der Waals surface area contributed by atoms with Crippen LogP contribution in [0.5, 0.6) is 5.88 Å². The number of halogens is 1. The number of ether oxygens (including phenoxy) is 1. The van der Waals surface area contributed by atoms with Gasteiger partial charge in [-0.2, -0.15) is 5.10 Å². The minimum atomic E-state index is -0.454. The van der Waals surface area contributed by atoms with Crippen LogP contribution < -0.4 is 20.4 Å². The molecule has 3 aliphatic rings. The predicted octanol–water partition coefficient (Wildman–Crippen LogP) is 0.609. The molecule has 2 N–H and O–H groups in total. The van der Waals surface area contributed by atoms with Gasteiger partial charge in [0, 0.05) is 37.3 Å². The van der Waals surface area contributed by atoms with Crippen molar-refractivity contribution >= 4 is 17.4 Å². The van der Waals surface area contributed by atoms with Crippen LogP contribution in [0, 0.1) is 5.82 Å². The zero-order valence-corrected chi connectivity index (χ0v) is 15.8. The number of nitrogens with one attached hydrogen (secondary N) is 2. The number of hydrogen-bond donors (Lipinski definition) is 2. The van der Waals surface area contributed by atoms with Crippen LogP contribution in [0.1, 0.15) is 28.4 Å². The first kappa shape index (κ1) is 17.5. The van der Waals surface area contributed by atoms with E-state index in [9.17, 15) is 9.18 Å². The molecule has 0 unspecified atom stereocenters. The number of fused-ring (bicyclic) bond motifs is 6. The summed E-state index contributed by atoms with van der Waals surface area (Å²) in [5, 5.41) is 12.1. The summed E-state index contributed by atoms with van der Waals surface area (Å²) >= 11 is 0. The Balaban J connectivity index is 1.55. The van der Waals surface area contributed by atoms with E-state index in [0.29, 0.717) is 54.6 Å². The molecular weight excluding hydrogens is 393 g/mol. The smallest absolute Gasteiger partial charge is 0.257 e. The summed E-state index contributed by atoms with van der Waals surface area (Å²) in [6, 6.07) is 2.55. The minimum absolute atomic E-state index is 0.285. The van der Waals surface area contributed by atoms with Crippen molar-refractivity contribution in [3.8, 4) is 5.88 Å². The van der Waals surface area contributed by atoms with Crippen LogP contribution in [0.2, 0.25) is 0 Å². The lowest BCUT2D eigenvalue weighted by atomic mass is 10.1. The zero-order chi connectivity index (χ0) is 20.2. The summed E-state index contributed by atoms with van der Waals surface area (Å²) in [5.41, 5.74) is 1.36. The second-order valence-corrected chi connectivity index (χ2v) is 7.52. The molecule has 3 atom stereocenters. The van der Waals surface area contributed by atoms with Gasteiger partial charge >= 0.3 is 0 Å². The van der Waals surface area contributed by atoms with Crippen molar-refractivity contribution in [1.29, 1.82) is 0 Å². The minimum Gasteiger partial charge on any atom is -0.470 e. The first-order chi connectivity index (χ1) is 14.7. The van der Waals surface area contributed by atoms with Gasteiger partial charge in [0.15, 0.2) is 11.5 Å². The molecule has 30 heavy (non-hydrogen) atoms.